The fraction of sp³-hybridized carbons (Fsp3) is 0.385. The Bertz CT molecular complexity index is 526. The number of aryl methyl sites for hydroxylation is 1. The monoisotopic (exact) mass is 276 g/mol. The third-order valence-electron chi connectivity index (χ3n) is 2.61. The molecule has 5 nitrogen and oxygen atoms in total. The molecule has 1 N–H and O–H groups in total. The van der Waals surface area contributed by atoms with E-state index in [9.17, 15) is 4.79 Å². The van der Waals surface area contributed by atoms with Crippen LogP contribution in [0.15, 0.2) is 24.5 Å². The molecule has 2 heterocycles. The minimum atomic E-state index is -0.204. The molecule has 0 unspecified atom stereocenters. The lowest BCUT2D eigenvalue weighted by molar-refractivity contribution is 0.102. The summed E-state index contributed by atoms with van der Waals surface area (Å²) in [6.07, 6.45) is 7.57. The summed E-state index contributed by atoms with van der Waals surface area (Å²) in [5, 5.41) is 12.3. The standard InChI is InChI=1S/C13H16N4OS/c1-2-3-4-7-11-16-17-13(19-11)15-12(18)10-6-5-8-14-9-10/h5-6,8-9H,2-4,7H2,1H3,(H,15,17,18). The van der Waals surface area contributed by atoms with Crippen molar-refractivity contribution in [2.75, 3.05) is 5.32 Å². The second-order valence-electron chi connectivity index (χ2n) is 4.15. The summed E-state index contributed by atoms with van der Waals surface area (Å²) in [7, 11) is 0. The van der Waals surface area contributed by atoms with Crippen LogP contribution in [0.2, 0.25) is 0 Å². The summed E-state index contributed by atoms with van der Waals surface area (Å²) in [6, 6.07) is 3.44. The smallest absolute Gasteiger partial charge is 0.259 e. The predicted molar refractivity (Wildman–Crippen MR) is 75.3 cm³/mol. The first-order chi connectivity index (χ1) is 9.29. The Morgan fingerprint density at radius 1 is 1.37 bits per heavy atom. The van der Waals surface area contributed by atoms with Crippen LogP contribution in [0.3, 0.4) is 0 Å². The number of rotatable bonds is 6. The fourth-order valence-electron chi connectivity index (χ4n) is 1.60. The number of hydrogen-bond donors (Lipinski definition) is 1. The topological polar surface area (TPSA) is 67.8 Å². The van der Waals surface area contributed by atoms with Gasteiger partial charge in [0.25, 0.3) is 5.91 Å². The minimum Gasteiger partial charge on any atom is -0.296 e. The van der Waals surface area contributed by atoms with Crippen molar-refractivity contribution in [2.45, 2.75) is 32.6 Å². The Balaban J connectivity index is 1.91. The average molecular weight is 276 g/mol. The van der Waals surface area contributed by atoms with Crippen molar-refractivity contribution in [3.63, 3.8) is 0 Å². The van der Waals surface area contributed by atoms with E-state index < -0.39 is 0 Å². The molecule has 0 saturated carbocycles. The second kappa shape index (κ2) is 6.94. The van der Waals surface area contributed by atoms with Gasteiger partial charge in [0.2, 0.25) is 5.13 Å². The summed E-state index contributed by atoms with van der Waals surface area (Å²) >= 11 is 1.43. The molecule has 2 rings (SSSR count). The molecule has 1 amide bonds. The Morgan fingerprint density at radius 3 is 3.00 bits per heavy atom. The Hall–Kier alpha value is -1.82. The van der Waals surface area contributed by atoms with E-state index >= 15 is 0 Å². The van der Waals surface area contributed by atoms with E-state index in [2.05, 4.69) is 27.4 Å². The zero-order valence-corrected chi connectivity index (χ0v) is 11.6. The Labute approximate surface area is 116 Å². The van der Waals surface area contributed by atoms with Crippen LogP contribution in [0.4, 0.5) is 5.13 Å². The number of anilines is 1. The van der Waals surface area contributed by atoms with Gasteiger partial charge in [-0.05, 0) is 18.6 Å². The SMILES string of the molecule is CCCCCc1nnc(NC(=O)c2cccnc2)s1. The second-order valence-corrected chi connectivity index (χ2v) is 5.22. The van der Waals surface area contributed by atoms with Gasteiger partial charge in [0.1, 0.15) is 5.01 Å². The van der Waals surface area contributed by atoms with E-state index in [4.69, 9.17) is 0 Å². The van der Waals surface area contributed by atoms with Gasteiger partial charge in [-0.15, -0.1) is 10.2 Å². The zero-order valence-electron chi connectivity index (χ0n) is 10.8. The van der Waals surface area contributed by atoms with E-state index in [1.54, 1.807) is 18.3 Å². The summed E-state index contributed by atoms with van der Waals surface area (Å²) < 4.78 is 0. The van der Waals surface area contributed by atoms with Crippen LogP contribution in [0.1, 0.15) is 41.6 Å². The summed E-state index contributed by atoms with van der Waals surface area (Å²) in [5.41, 5.74) is 0.519. The molecule has 0 saturated heterocycles. The molecular weight excluding hydrogens is 260 g/mol. The zero-order chi connectivity index (χ0) is 13.5. The van der Waals surface area contributed by atoms with Crippen molar-refractivity contribution >= 4 is 22.4 Å². The van der Waals surface area contributed by atoms with E-state index in [-0.39, 0.29) is 5.91 Å². The van der Waals surface area contributed by atoms with Crippen LogP contribution >= 0.6 is 11.3 Å². The van der Waals surface area contributed by atoms with Crippen molar-refractivity contribution in [1.29, 1.82) is 0 Å². The number of aromatic nitrogens is 3. The van der Waals surface area contributed by atoms with Crippen LogP contribution in [0, 0.1) is 0 Å². The van der Waals surface area contributed by atoms with E-state index in [0.717, 1.165) is 17.8 Å². The van der Waals surface area contributed by atoms with Gasteiger partial charge in [-0.25, -0.2) is 0 Å². The molecular formula is C13H16N4OS. The van der Waals surface area contributed by atoms with Gasteiger partial charge in [0, 0.05) is 18.8 Å². The number of carbonyl (C=O) groups excluding carboxylic acids is 1. The van der Waals surface area contributed by atoms with E-state index in [1.165, 1.54) is 30.4 Å². The molecule has 0 radical (unpaired) electrons. The number of unbranched alkanes of at least 4 members (excludes halogenated alkanes) is 2. The largest absolute Gasteiger partial charge is 0.296 e. The van der Waals surface area contributed by atoms with Gasteiger partial charge < -0.3 is 0 Å². The molecule has 19 heavy (non-hydrogen) atoms. The lowest BCUT2D eigenvalue weighted by Gasteiger charge is -1.99. The molecule has 0 aliphatic carbocycles. The Morgan fingerprint density at radius 2 is 2.26 bits per heavy atom. The highest BCUT2D eigenvalue weighted by Crippen LogP contribution is 2.18. The molecule has 2 aromatic rings. The molecule has 0 bridgehead atoms. The number of pyridine rings is 1. The minimum absolute atomic E-state index is 0.204. The molecule has 0 aliphatic heterocycles. The summed E-state index contributed by atoms with van der Waals surface area (Å²) in [4.78, 5) is 15.8. The highest BCUT2D eigenvalue weighted by atomic mass is 32.1. The predicted octanol–water partition coefficient (Wildman–Crippen LogP) is 2.92. The molecule has 0 aromatic carbocycles. The fourth-order valence-corrected chi connectivity index (χ4v) is 2.37. The quantitative estimate of drug-likeness (QED) is 0.824. The third kappa shape index (κ3) is 4.10. The maximum atomic E-state index is 11.9. The number of hydrogen-bond acceptors (Lipinski definition) is 5. The van der Waals surface area contributed by atoms with Crippen LogP contribution in [0.5, 0.6) is 0 Å². The molecule has 100 valence electrons. The maximum absolute atomic E-state index is 11.9. The number of nitrogens with one attached hydrogen (secondary N) is 1. The van der Waals surface area contributed by atoms with Gasteiger partial charge in [-0.1, -0.05) is 31.1 Å². The molecule has 0 spiro atoms. The summed E-state index contributed by atoms with van der Waals surface area (Å²) in [6.45, 7) is 2.17. The van der Waals surface area contributed by atoms with Gasteiger partial charge in [-0.3, -0.25) is 15.1 Å². The van der Waals surface area contributed by atoms with Crippen LogP contribution < -0.4 is 5.32 Å². The number of carbonyl (C=O) groups is 1. The van der Waals surface area contributed by atoms with Crippen LogP contribution in [-0.2, 0) is 6.42 Å². The van der Waals surface area contributed by atoms with Crippen molar-refractivity contribution < 1.29 is 4.79 Å². The van der Waals surface area contributed by atoms with Crippen molar-refractivity contribution in [3.05, 3.63) is 35.1 Å². The normalized spacial score (nSPS) is 10.4. The molecule has 6 heteroatoms. The lowest BCUT2D eigenvalue weighted by Crippen LogP contribution is -2.11. The van der Waals surface area contributed by atoms with Gasteiger partial charge >= 0.3 is 0 Å². The average Bonchev–Trinajstić information content (AvgIpc) is 2.88. The van der Waals surface area contributed by atoms with Gasteiger partial charge in [0.05, 0.1) is 5.56 Å². The lowest BCUT2D eigenvalue weighted by atomic mass is 10.2. The first-order valence-electron chi connectivity index (χ1n) is 6.33. The molecule has 0 aliphatic rings. The van der Waals surface area contributed by atoms with E-state index in [1.807, 2.05) is 0 Å². The molecule has 2 aromatic heterocycles. The first-order valence-corrected chi connectivity index (χ1v) is 7.15. The Kier molecular flexibility index (Phi) is 4.97. The van der Waals surface area contributed by atoms with Crippen molar-refractivity contribution in [3.8, 4) is 0 Å². The van der Waals surface area contributed by atoms with E-state index in [0.29, 0.717) is 10.7 Å². The first kappa shape index (κ1) is 13.6. The van der Waals surface area contributed by atoms with Gasteiger partial charge in [-0.2, -0.15) is 0 Å². The van der Waals surface area contributed by atoms with Crippen LogP contribution in [-0.4, -0.2) is 21.1 Å². The number of amides is 1. The van der Waals surface area contributed by atoms with Crippen molar-refractivity contribution in [2.24, 2.45) is 0 Å². The highest BCUT2D eigenvalue weighted by Gasteiger charge is 2.09. The number of nitrogens with zero attached hydrogens (tertiary/aromatic N) is 3. The molecule has 0 fully saturated rings. The van der Waals surface area contributed by atoms with Gasteiger partial charge in [0.15, 0.2) is 0 Å². The summed E-state index contributed by atoms with van der Waals surface area (Å²) in [5.74, 6) is -0.204. The van der Waals surface area contributed by atoms with Crippen molar-refractivity contribution in [1.82, 2.24) is 15.2 Å². The van der Waals surface area contributed by atoms with Crippen LogP contribution in [0.25, 0.3) is 0 Å². The molecule has 0 atom stereocenters. The highest BCUT2D eigenvalue weighted by molar-refractivity contribution is 7.15. The maximum Gasteiger partial charge on any atom is 0.259 e. The third-order valence-corrected chi connectivity index (χ3v) is 3.50.